The van der Waals surface area contributed by atoms with E-state index >= 15 is 0 Å². The molecule has 3 aliphatic heterocycles. The van der Waals surface area contributed by atoms with Gasteiger partial charge in [-0.05, 0) is 11.4 Å². The van der Waals surface area contributed by atoms with E-state index in [4.69, 9.17) is 4.74 Å². The van der Waals surface area contributed by atoms with E-state index in [0.29, 0.717) is 25.2 Å². The minimum absolute atomic E-state index is 0.172. The first-order valence-electron chi connectivity index (χ1n) is 9.47. The van der Waals surface area contributed by atoms with Gasteiger partial charge in [-0.15, -0.1) is 11.3 Å². The highest BCUT2D eigenvalue weighted by Crippen LogP contribution is 2.52. The average molecular weight is 434 g/mol. The van der Waals surface area contributed by atoms with Crippen molar-refractivity contribution in [3.8, 4) is 0 Å². The summed E-state index contributed by atoms with van der Waals surface area (Å²) >= 11 is 1.54. The largest absolute Gasteiger partial charge is 0.360 e. The normalized spacial score (nSPS) is 29.0. The lowest BCUT2D eigenvalue weighted by Gasteiger charge is -2.23. The van der Waals surface area contributed by atoms with E-state index in [1.54, 1.807) is 22.3 Å². The molecular weight excluding hydrogens is 417 g/mol. The Labute approximate surface area is 174 Å². The molecule has 0 aliphatic carbocycles. The van der Waals surface area contributed by atoms with E-state index in [0.717, 1.165) is 4.88 Å². The van der Waals surface area contributed by atoms with E-state index in [-0.39, 0.29) is 5.91 Å². The lowest BCUT2D eigenvalue weighted by atomic mass is 9.77. The maximum absolute atomic E-state index is 13.9. The highest BCUT2D eigenvalue weighted by Gasteiger charge is 2.66. The number of carbonyl (C=O) groups is 2. The molecule has 4 heterocycles. The van der Waals surface area contributed by atoms with Crippen molar-refractivity contribution in [2.45, 2.75) is 24.8 Å². The number of carbonyl (C=O) groups excluding carboxylic acids is 2. The number of nitrogens with zero attached hydrogens (tertiary/aromatic N) is 1. The molecule has 9 heteroatoms. The number of nitrogens with one attached hydrogen (secondary N) is 1. The second-order valence-corrected chi connectivity index (χ2v) is 8.77. The molecule has 0 saturated carbocycles. The Morgan fingerprint density at radius 1 is 1.30 bits per heavy atom. The van der Waals surface area contributed by atoms with Crippen LogP contribution in [0.4, 0.5) is 13.2 Å². The van der Waals surface area contributed by atoms with Crippen molar-refractivity contribution >= 4 is 23.2 Å². The van der Waals surface area contributed by atoms with Crippen LogP contribution in [0.25, 0.3) is 0 Å². The molecular formula is C21H17F3N2O3S. The van der Waals surface area contributed by atoms with Crippen molar-refractivity contribution < 1.29 is 27.5 Å². The fourth-order valence-corrected chi connectivity index (χ4v) is 5.36. The first-order chi connectivity index (χ1) is 14.4. The maximum atomic E-state index is 13.9. The summed E-state index contributed by atoms with van der Waals surface area (Å²) in [5, 5.41) is 4.42. The Kier molecular flexibility index (Phi) is 4.48. The first-order valence-corrected chi connectivity index (χ1v) is 10.4. The SMILES string of the molecule is O=C(NCc1c(F)cc(F)cc1F)[C@H]1[C@@H]2C=C[C@]3(CN(Cc4cccs4)C(=O)[C@H]13)O2. The summed E-state index contributed by atoms with van der Waals surface area (Å²) < 4.78 is 46.8. The number of fused-ring (bicyclic) bond motifs is 1. The van der Waals surface area contributed by atoms with Gasteiger partial charge in [0.05, 0.1) is 31.0 Å². The van der Waals surface area contributed by atoms with E-state index in [9.17, 15) is 22.8 Å². The van der Waals surface area contributed by atoms with E-state index in [1.807, 2.05) is 23.6 Å². The number of rotatable bonds is 5. The van der Waals surface area contributed by atoms with Gasteiger partial charge in [-0.25, -0.2) is 13.2 Å². The van der Waals surface area contributed by atoms with Gasteiger partial charge in [0.2, 0.25) is 11.8 Å². The van der Waals surface area contributed by atoms with Crippen LogP contribution in [0.3, 0.4) is 0 Å². The lowest BCUT2D eigenvalue weighted by Crippen LogP contribution is -2.44. The van der Waals surface area contributed by atoms with Gasteiger partial charge < -0.3 is 15.0 Å². The summed E-state index contributed by atoms with van der Waals surface area (Å²) in [5.41, 5.74) is -1.29. The molecule has 1 N–H and O–H groups in total. The van der Waals surface area contributed by atoms with Crippen molar-refractivity contribution in [1.29, 1.82) is 0 Å². The summed E-state index contributed by atoms with van der Waals surface area (Å²) in [6.45, 7) is 0.347. The molecule has 2 saturated heterocycles. The minimum atomic E-state index is -1.08. The van der Waals surface area contributed by atoms with Crippen molar-refractivity contribution in [2.24, 2.45) is 11.8 Å². The van der Waals surface area contributed by atoms with E-state index in [2.05, 4.69) is 5.32 Å². The molecule has 2 amide bonds. The molecule has 2 bridgehead atoms. The van der Waals surface area contributed by atoms with Crippen LogP contribution in [0.1, 0.15) is 10.4 Å². The third kappa shape index (κ3) is 2.95. The predicted octanol–water partition coefficient (Wildman–Crippen LogP) is 2.76. The molecule has 2 fully saturated rings. The summed E-state index contributed by atoms with van der Waals surface area (Å²) in [5.74, 6) is -5.35. The van der Waals surface area contributed by atoms with Crippen LogP contribution in [0.2, 0.25) is 0 Å². The number of likely N-dealkylation sites (tertiary alicyclic amines) is 1. The number of ether oxygens (including phenoxy) is 1. The summed E-state index contributed by atoms with van der Waals surface area (Å²) in [7, 11) is 0. The van der Waals surface area contributed by atoms with Gasteiger partial charge in [-0.2, -0.15) is 0 Å². The van der Waals surface area contributed by atoms with Crippen LogP contribution in [-0.4, -0.2) is 35.0 Å². The monoisotopic (exact) mass is 434 g/mol. The highest BCUT2D eigenvalue weighted by atomic mass is 32.1. The lowest BCUT2D eigenvalue weighted by molar-refractivity contribution is -0.137. The molecule has 1 spiro atoms. The molecule has 5 rings (SSSR count). The number of amides is 2. The Morgan fingerprint density at radius 2 is 2.07 bits per heavy atom. The number of hydrogen-bond donors (Lipinski definition) is 1. The minimum Gasteiger partial charge on any atom is -0.360 e. The van der Waals surface area contributed by atoms with Crippen molar-refractivity contribution in [3.63, 3.8) is 0 Å². The van der Waals surface area contributed by atoms with Crippen LogP contribution in [-0.2, 0) is 27.4 Å². The van der Waals surface area contributed by atoms with Gasteiger partial charge >= 0.3 is 0 Å². The van der Waals surface area contributed by atoms with Gasteiger partial charge in [0.15, 0.2) is 0 Å². The van der Waals surface area contributed by atoms with Gasteiger partial charge in [-0.3, -0.25) is 9.59 Å². The number of halogens is 3. The molecule has 0 unspecified atom stereocenters. The Bertz CT molecular complexity index is 1030. The Morgan fingerprint density at radius 3 is 2.77 bits per heavy atom. The molecule has 1 aromatic carbocycles. The third-order valence-electron chi connectivity index (χ3n) is 5.95. The fourth-order valence-electron chi connectivity index (χ4n) is 4.64. The van der Waals surface area contributed by atoms with Crippen LogP contribution in [0, 0.1) is 29.3 Å². The van der Waals surface area contributed by atoms with Crippen LogP contribution < -0.4 is 5.32 Å². The topological polar surface area (TPSA) is 58.6 Å². The summed E-state index contributed by atoms with van der Waals surface area (Å²) in [6, 6.07) is 4.97. The number of benzene rings is 1. The summed E-state index contributed by atoms with van der Waals surface area (Å²) in [6.07, 6.45) is 3.05. The van der Waals surface area contributed by atoms with E-state index in [1.165, 1.54) is 0 Å². The van der Waals surface area contributed by atoms with Gasteiger partial charge in [0.1, 0.15) is 23.1 Å². The molecule has 1 aromatic heterocycles. The smallest absolute Gasteiger partial charge is 0.230 e. The predicted molar refractivity (Wildman–Crippen MR) is 102 cm³/mol. The zero-order valence-corrected chi connectivity index (χ0v) is 16.4. The van der Waals surface area contributed by atoms with Crippen molar-refractivity contribution in [3.05, 3.63) is 69.7 Å². The maximum Gasteiger partial charge on any atom is 0.230 e. The first kappa shape index (κ1) is 19.3. The Hall–Kier alpha value is -2.65. The van der Waals surface area contributed by atoms with E-state index < -0.39 is 59.0 Å². The molecule has 156 valence electrons. The highest BCUT2D eigenvalue weighted by molar-refractivity contribution is 7.09. The zero-order chi connectivity index (χ0) is 21.0. The summed E-state index contributed by atoms with van der Waals surface area (Å²) in [4.78, 5) is 28.7. The molecule has 2 aromatic rings. The average Bonchev–Trinajstić information content (AvgIpc) is 3.44. The molecule has 4 atom stereocenters. The second-order valence-electron chi connectivity index (χ2n) is 7.74. The fraction of sp³-hybridized carbons (Fsp3) is 0.333. The second kappa shape index (κ2) is 6.95. The quantitative estimate of drug-likeness (QED) is 0.737. The van der Waals surface area contributed by atoms with Crippen LogP contribution >= 0.6 is 11.3 Å². The van der Waals surface area contributed by atoms with Crippen molar-refractivity contribution in [2.75, 3.05) is 6.54 Å². The molecule has 3 aliphatic rings. The molecule has 0 radical (unpaired) electrons. The van der Waals surface area contributed by atoms with Crippen LogP contribution in [0.15, 0.2) is 41.8 Å². The Balaban J connectivity index is 1.33. The van der Waals surface area contributed by atoms with Crippen molar-refractivity contribution in [1.82, 2.24) is 10.2 Å². The van der Waals surface area contributed by atoms with Crippen LogP contribution in [0.5, 0.6) is 0 Å². The van der Waals surface area contributed by atoms with Gasteiger partial charge in [-0.1, -0.05) is 18.2 Å². The number of hydrogen-bond acceptors (Lipinski definition) is 4. The molecule has 5 nitrogen and oxygen atoms in total. The van der Waals surface area contributed by atoms with Gasteiger partial charge in [0.25, 0.3) is 0 Å². The zero-order valence-electron chi connectivity index (χ0n) is 15.6. The molecule has 30 heavy (non-hydrogen) atoms. The standard InChI is InChI=1S/C21H17F3N2O3S/c22-11-6-14(23)13(15(24)7-11)8-25-19(27)17-16-3-4-21(29-16)10-26(20(28)18(17)21)9-12-2-1-5-30-12/h1-7,16-18H,8-10H2,(H,25,27)/t16-,17-,18-,21+/m0/s1. The number of thiophene rings is 1. The van der Waals surface area contributed by atoms with Gasteiger partial charge in [0, 0.05) is 29.1 Å². The third-order valence-corrected chi connectivity index (χ3v) is 6.81.